The SMILES string of the molecule is C=C(CC)C12CCC(CCNC)(CC1)CC2. The highest BCUT2D eigenvalue weighted by molar-refractivity contribution is 5.16. The third kappa shape index (κ3) is 1.95. The van der Waals surface area contributed by atoms with Gasteiger partial charge in [-0.2, -0.15) is 0 Å². The first-order valence-corrected chi connectivity index (χ1v) is 6.99. The summed E-state index contributed by atoms with van der Waals surface area (Å²) in [5, 5.41) is 3.32. The van der Waals surface area contributed by atoms with E-state index in [9.17, 15) is 0 Å². The normalized spacial score (nSPS) is 37.6. The molecule has 1 N–H and O–H groups in total. The van der Waals surface area contributed by atoms with Gasteiger partial charge < -0.3 is 5.32 Å². The monoisotopic (exact) mass is 221 g/mol. The maximum Gasteiger partial charge on any atom is -0.00466 e. The van der Waals surface area contributed by atoms with Crippen LogP contribution in [0.15, 0.2) is 12.2 Å². The Bertz CT molecular complexity index is 242. The van der Waals surface area contributed by atoms with Crippen LogP contribution in [0.1, 0.15) is 58.3 Å². The first-order valence-electron chi connectivity index (χ1n) is 6.99. The van der Waals surface area contributed by atoms with Crippen LogP contribution in [0.25, 0.3) is 0 Å². The minimum absolute atomic E-state index is 0.552. The minimum atomic E-state index is 0.552. The number of allylic oxidation sites excluding steroid dienone is 1. The van der Waals surface area contributed by atoms with Crippen molar-refractivity contribution in [2.45, 2.75) is 58.3 Å². The van der Waals surface area contributed by atoms with Crippen LogP contribution < -0.4 is 5.32 Å². The fourth-order valence-corrected chi connectivity index (χ4v) is 3.93. The van der Waals surface area contributed by atoms with E-state index < -0.39 is 0 Å². The molecule has 0 aromatic rings. The first-order chi connectivity index (χ1) is 7.66. The average molecular weight is 221 g/mol. The van der Waals surface area contributed by atoms with E-state index in [1.54, 1.807) is 0 Å². The Morgan fingerprint density at radius 3 is 2.12 bits per heavy atom. The summed E-state index contributed by atoms with van der Waals surface area (Å²) in [6.07, 6.45) is 11.2. The summed E-state index contributed by atoms with van der Waals surface area (Å²) < 4.78 is 0. The van der Waals surface area contributed by atoms with Crippen LogP contribution in [-0.4, -0.2) is 13.6 Å². The number of hydrogen-bond donors (Lipinski definition) is 1. The molecule has 3 aliphatic carbocycles. The second-order valence-corrected chi connectivity index (χ2v) is 6.09. The third-order valence-electron chi connectivity index (χ3n) is 5.48. The Labute approximate surface area is 101 Å². The smallest absolute Gasteiger partial charge is 0.00466 e. The Morgan fingerprint density at radius 2 is 1.69 bits per heavy atom. The fourth-order valence-electron chi connectivity index (χ4n) is 3.93. The molecular weight excluding hydrogens is 194 g/mol. The lowest BCUT2D eigenvalue weighted by Gasteiger charge is -2.54. The second kappa shape index (κ2) is 4.52. The Kier molecular flexibility index (Phi) is 3.44. The molecule has 0 aromatic carbocycles. The van der Waals surface area contributed by atoms with E-state index in [4.69, 9.17) is 0 Å². The molecule has 0 aromatic heterocycles. The molecule has 3 rings (SSSR count). The fraction of sp³-hybridized carbons (Fsp3) is 0.867. The molecule has 16 heavy (non-hydrogen) atoms. The summed E-state index contributed by atoms with van der Waals surface area (Å²) in [6.45, 7) is 7.81. The van der Waals surface area contributed by atoms with Gasteiger partial charge in [-0.15, -0.1) is 0 Å². The van der Waals surface area contributed by atoms with E-state index in [0.717, 1.165) is 0 Å². The molecule has 0 aliphatic heterocycles. The Hall–Kier alpha value is -0.300. The van der Waals surface area contributed by atoms with Crippen LogP contribution in [0.2, 0.25) is 0 Å². The Balaban J connectivity index is 2.00. The van der Waals surface area contributed by atoms with Crippen molar-refractivity contribution in [1.82, 2.24) is 5.32 Å². The first kappa shape index (κ1) is 12.2. The second-order valence-electron chi connectivity index (χ2n) is 6.09. The predicted octanol–water partition coefficient (Wildman–Crippen LogP) is 3.90. The molecule has 0 radical (unpaired) electrons. The van der Waals surface area contributed by atoms with E-state index in [1.807, 2.05) is 0 Å². The van der Waals surface area contributed by atoms with Crippen molar-refractivity contribution in [2.24, 2.45) is 10.8 Å². The molecule has 0 atom stereocenters. The standard InChI is InChI=1S/C15H27N/c1-4-13(2)15-8-5-14(6-9-15,7-10-15)11-12-16-3/h16H,2,4-12H2,1,3H3. The molecule has 3 fully saturated rings. The van der Waals surface area contributed by atoms with Gasteiger partial charge in [-0.1, -0.05) is 19.1 Å². The van der Waals surface area contributed by atoms with E-state index in [2.05, 4.69) is 25.9 Å². The van der Waals surface area contributed by atoms with Crippen LogP contribution in [0.3, 0.4) is 0 Å². The van der Waals surface area contributed by atoms with Crippen LogP contribution in [0.5, 0.6) is 0 Å². The van der Waals surface area contributed by atoms with Crippen molar-refractivity contribution in [3.05, 3.63) is 12.2 Å². The van der Waals surface area contributed by atoms with Gasteiger partial charge in [0, 0.05) is 0 Å². The van der Waals surface area contributed by atoms with E-state index in [1.165, 1.54) is 63.5 Å². The zero-order chi connectivity index (χ0) is 11.6. The molecule has 2 bridgehead atoms. The summed E-state index contributed by atoms with van der Waals surface area (Å²) >= 11 is 0. The van der Waals surface area contributed by atoms with Gasteiger partial charge in [0.1, 0.15) is 0 Å². The van der Waals surface area contributed by atoms with Gasteiger partial charge in [-0.25, -0.2) is 0 Å². The van der Waals surface area contributed by atoms with Crippen molar-refractivity contribution in [1.29, 1.82) is 0 Å². The summed E-state index contributed by atoms with van der Waals surface area (Å²) in [5.41, 5.74) is 2.78. The zero-order valence-corrected chi connectivity index (χ0v) is 11.1. The maximum absolute atomic E-state index is 4.34. The molecule has 3 saturated carbocycles. The molecule has 0 amide bonds. The van der Waals surface area contributed by atoms with Gasteiger partial charge in [-0.05, 0) is 75.8 Å². The van der Waals surface area contributed by atoms with Crippen LogP contribution >= 0.6 is 0 Å². The summed E-state index contributed by atoms with van der Waals surface area (Å²) in [5.74, 6) is 0. The van der Waals surface area contributed by atoms with Crippen molar-refractivity contribution < 1.29 is 0 Å². The van der Waals surface area contributed by atoms with Crippen LogP contribution in [-0.2, 0) is 0 Å². The highest BCUT2D eigenvalue weighted by atomic mass is 14.8. The number of fused-ring (bicyclic) bond motifs is 3. The van der Waals surface area contributed by atoms with Crippen molar-refractivity contribution in [3.8, 4) is 0 Å². The van der Waals surface area contributed by atoms with Gasteiger partial charge in [0.15, 0.2) is 0 Å². The van der Waals surface area contributed by atoms with E-state index >= 15 is 0 Å². The lowest BCUT2D eigenvalue weighted by atomic mass is 9.51. The minimum Gasteiger partial charge on any atom is -0.320 e. The summed E-state index contributed by atoms with van der Waals surface area (Å²) in [4.78, 5) is 0. The van der Waals surface area contributed by atoms with Crippen molar-refractivity contribution in [2.75, 3.05) is 13.6 Å². The quantitative estimate of drug-likeness (QED) is 0.694. The number of rotatable bonds is 5. The largest absolute Gasteiger partial charge is 0.320 e. The zero-order valence-electron chi connectivity index (χ0n) is 11.1. The highest BCUT2D eigenvalue weighted by Crippen LogP contribution is 2.60. The number of hydrogen-bond acceptors (Lipinski definition) is 1. The average Bonchev–Trinajstić information content (AvgIpc) is 2.37. The van der Waals surface area contributed by atoms with Gasteiger partial charge in [0.2, 0.25) is 0 Å². The molecule has 0 saturated heterocycles. The molecule has 0 heterocycles. The molecule has 1 heteroatoms. The third-order valence-corrected chi connectivity index (χ3v) is 5.48. The van der Waals surface area contributed by atoms with E-state index in [0.29, 0.717) is 10.8 Å². The number of nitrogens with one attached hydrogen (secondary N) is 1. The van der Waals surface area contributed by atoms with Gasteiger partial charge in [0.25, 0.3) is 0 Å². The van der Waals surface area contributed by atoms with Crippen molar-refractivity contribution in [3.63, 3.8) is 0 Å². The van der Waals surface area contributed by atoms with Gasteiger partial charge in [0.05, 0.1) is 0 Å². The molecule has 0 unspecified atom stereocenters. The molecule has 92 valence electrons. The molecule has 1 nitrogen and oxygen atoms in total. The molecule has 3 aliphatic rings. The van der Waals surface area contributed by atoms with Gasteiger partial charge in [-0.3, -0.25) is 0 Å². The summed E-state index contributed by atoms with van der Waals surface area (Å²) in [6, 6.07) is 0. The molecular formula is C15H27N. The predicted molar refractivity (Wildman–Crippen MR) is 70.5 cm³/mol. The van der Waals surface area contributed by atoms with Crippen molar-refractivity contribution >= 4 is 0 Å². The van der Waals surface area contributed by atoms with Gasteiger partial charge >= 0.3 is 0 Å². The van der Waals surface area contributed by atoms with Crippen LogP contribution in [0.4, 0.5) is 0 Å². The Morgan fingerprint density at radius 1 is 1.12 bits per heavy atom. The lowest BCUT2D eigenvalue weighted by Crippen LogP contribution is -2.43. The topological polar surface area (TPSA) is 12.0 Å². The van der Waals surface area contributed by atoms with Crippen LogP contribution in [0, 0.1) is 10.8 Å². The summed E-state index contributed by atoms with van der Waals surface area (Å²) in [7, 11) is 2.07. The maximum atomic E-state index is 4.34. The van der Waals surface area contributed by atoms with E-state index in [-0.39, 0.29) is 0 Å². The molecule has 0 spiro atoms. The lowest BCUT2D eigenvalue weighted by molar-refractivity contribution is 0.00764. The highest BCUT2D eigenvalue weighted by Gasteiger charge is 2.48.